The molecule has 0 bridgehead atoms. The average Bonchev–Trinajstić information content (AvgIpc) is 2.25. The fourth-order valence-corrected chi connectivity index (χ4v) is 1.11. The monoisotopic (exact) mass is 194 g/mol. The summed E-state index contributed by atoms with van der Waals surface area (Å²) >= 11 is 0. The SMILES string of the molecule is O=Cc1ccccc1OCCCCO. The third kappa shape index (κ3) is 3.18. The lowest BCUT2D eigenvalue weighted by molar-refractivity contribution is 0.111. The van der Waals surface area contributed by atoms with Gasteiger partial charge in [0, 0.05) is 6.61 Å². The zero-order valence-corrected chi connectivity index (χ0v) is 7.98. The second-order valence-electron chi connectivity index (χ2n) is 2.93. The van der Waals surface area contributed by atoms with Crippen LogP contribution >= 0.6 is 0 Å². The number of aldehydes is 1. The van der Waals surface area contributed by atoms with E-state index in [9.17, 15) is 4.79 Å². The third-order valence-corrected chi connectivity index (χ3v) is 1.86. The number of carbonyl (C=O) groups is 1. The number of ether oxygens (including phenoxy) is 1. The van der Waals surface area contributed by atoms with Crippen molar-refractivity contribution in [3.05, 3.63) is 29.8 Å². The molecule has 3 heteroatoms. The van der Waals surface area contributed by atoms with Crippen LogP contribution < -0.4 is 4.74 Å². The number of para-hydroxylation sites is 1. The molecule has 0 saturated heterocycles. The van der Waals surface area contributed by atoms with Crippen LogP contribution in [0, 0.1) is 0 Å². The van der Waals surface area contributed by atoms with Gasteiger partial charge in [-0.05, 0) is 25.0 Å². The standard InChI is InChI=1S/C11H14O3/c12-7-3-4-8-14-11-6-2-1-5-10(11)9-13/h1-2,5-6,9,12H,3-4,7-8H2. The Morgan fingerprint density at radius 1 is 1.29 bits per heavy atom. The van der Waals surface area contributed by atoms with Crippen molar-refractivity contribution >= 4 is 6.29 Å². The van der Waals surface area contributed by atoms with E-state index in [-0.39, 0.29) is 6.61 Å². The Hall–Kier alpha value is -1.35. The van der Waals surface area contributed by atoms with Crippen LogP contribution in [-0.2, 0) is 0 Å². The van der Waals surface area contributed by atoms with Gasteiger partial charge >= 0.3 is 0 Å². The third-order valence-electron chi connectivity index (χ3n) is 1.86. The Bertz CT molecular complexity index is 284. The van der Waals surface area contributed by atoms with Crippen LogP contribution in [0.15, 0.2) is 24.3 Å². The summed E-state index contributed by atoms with van der Waals surface area (Å²) in [6.45, 7) is 0.712. The Balaban J connectivity index is 2.45. The van der Waals surface area contributed by atoms with Crippen LogP contribution in [0.25, 0.3) is 0 Å². The summed E-state index contributed by atoms with van der Waals surface area (Å²) in [6.07, 6.45) is 2.30. The van der Waals surface area contributed by atoms with Crippen molar-refractivity contribution in [1.29, 1.82) is 0 Å². The summed E-state index contributed by atoms with van der Waals surface area (Å²) in [4.78, 5) is 10.6. The van der Waals surface area contributed by atoms with Crippen molar-refractivity contribution in [2.45, 2.75) is 12.8 Å². The summed E-state index contributed by atoms with van der Waals surface area (Å²) in [6, 6.07) is 7.11. The van der Waals surface area contributed by atoms with Crippen molar-refractivity contribution in [1.82, 2.24) is 0 Å². The summed E-state index contributed by atoms with van der Waals surface area (Å²) in [5.74, 6) is 0.612. The molecule has 1 aromatic carbocycles. The number of hydrogen-bond acceptors (Lipinski definition) is 3. The zero-order valence-electron chi connectivity index (χ0n) is 7.98. The maximum absolute atomic E-state index is 10.6. The lowest BCUT2D eigenvalue weighted by Gasteiger charge is -2.06. The average molecular weight is 194 g/mol. The lowest BCUT2D eigenvalue weighted by Crippen LogP contribution is -2.00. The van der Waals surface area contributed by atoms with Gasteiger partial charge in [-0.2, -0.15) is 0 Å². The van der Waals surface area contributed by atoms with Gasteiger partial charge in [-0.25, -0.2) is 0 Å². The molecule has 76 valence electrons. The molecule has 0 aromatic heterocycles. The van der Waals surface area contributed by atoms with Gasteiger partial charge < -0.3 is 9.84 Å². The molecule has 0 aliphatic carbocycles. The van der Waals surface area contributed by atoms with E-state index in [1.165, 1.54) is 0 Å². The molecule has 0 radical (unpaired) electrons. The van der Waals surface area contributed by atoms with E-state index in [0.29, 0.717) is 17.9 Å². The maximum atomic E-state index is 10.6. The molecule has 0 spiro atoms. The molecule has 0 unspecified atom stereocenters. The zero-order chi connectivity index (χ0) is 10.2. The van der Waals surface area contributed by atoms with Crippen molar-refractivity contribution in [3.63, 3.8) is 0 Å². The largest absolute Gasteiger partial charge is 0.493 e. The number of unbranched alkanes of at least 4 members (excludes halogenated alkanes) is 1. The summed E-state index contributed by atoms with van der Waals surface area (Å²) < 4.78 is 5.39. The number of aliphatic hydroxyl groups excluding tert-OH is 1. The minimum absolute atomic E-state index is 0.179. The Labute approximate surface area is 83.3 Å². The molecule has 0 aliphatic heterocycles. The number of carbonyl (C=O) groups excluding carboxylic acids is 1. The molecule has 0 amide bonds. The molecule has 14 heavy (non-hydrogen) atoms. The summed E-state index contributed by atoms with van der Waals surface area (Å²) in [5.41, 5.74) is 0.566. The molecule has 1 N–H and O–H groups in total. The highest BCUT2D eigenvalue weighted by Crippen LogP contribution is 2.15. The minimum atomic E-state index is 0.179. The number of rotatable bonds is 6. The fraction of sp³-hybridized carbons (Fsp3) is 0.364. The fourth-order valence-electron chi connectivity index (χ4n) is 1.11. The minimum Gasteiger partial charge on any atom is -0.493 e. The van der Waals surface area contributed by atoms with Crippen LogP contribution in [0.3, 0.4) is 0 Å². The molecule has 0 saturated carbocycles. The van der Waals surface area contributed by atoms with Gasteiger partial charge in [0.15, 0.2) is 6.29 Å². The van der Waals surface area contributed by atoms with Gasteiger partial charge in [0.2, 0.25) is 0 Å². The van der Waals surface area contributed by atoms with E-state index >= 15 is 0 Å². The van der Waals surface area contributed by atoms with Crippen LogP contribution in [0.5, 0.6) is 5.75 Å². The van der Waals surface area contributed by atoms with Crippen LogP contribution in [0.1, 0.15) is 23.2 Å². The number of hydrogen-bond donors (Lipinski definition) is 1. The number of aliphatic hydroxyl groups is 1. The van der Waals surface area contributed by atoms with Crippen molar-refractivity contribution in [3.8, 4) is 5.75 Å². The highest BCUT2D eigenvalue weighted by atomic mass is 16.5. The van der Waals surface area contributed by atoms with Crippen LogP contribution in [0.2, 0.25) is 0 Å². The maximum Gasteiger partial charge on any atom is 0.153 e. The normalized spacial score (nSPS) is 9.79. The second-order valence-corrected chi connectivity index (χ2v) is 2.93. The van der Waals surface area contributed by atoms with E-state index < -0.39 is 0 Å². The first-order valence-corrected chi connectivity index (χ1v) is 4.66. The first-order valence-electron chi connectivity index (χ1n) is 4.66. The van der Waals surface area contributed by atoms with Gasteiger partial charge in [-0.1, -0.05) is 12.1 Å². The predicted molar refractivity (Wildman–Crippen MR) is 53.6 cm³/mol. The topological polar surface area (TPSA) is 46.5 Å². The van der Waals surface area contributed by atoms with E-state index in [1.807, 2.05) is 6.07 Å². The van der Waals surface area contributed by atoms with Gasteiger partial charge in [0.25, 0.3) is 0 Å². The van der Waals surface area contributed by atoms with Gasteiger partial charge in [-0.3, -0.25) is 4.79 Å². The van der Waals surface area contributed by atoms with Crippen LogP contribution in [0.4, 0.5) is 0 Å². The van der Waals surface area contributed by atoms with Crippen molar-refractivity contribution < 1.29 is 14.6 Å². The van der Waals surface area contributed by atoms with Crippen molar-refractivity contribution in [2.75, 3.05) is 13.2 Å². The molecule has 3 nitrogen and oxygen atoms in total. The lowest BCUT2D eigenvalue weighted by atomic mass is 10.2. The molecule has 1 rings (SSSR count). The molecule has 0 fully saturated rings. The first kappa shape index (κ1) is 10.7. The van der Waals surface area contributed by atoms with E-state index in [4.69, 9.17) is 9.84 Å². The summed E-state index contributed by atoms with van der Waals surface area (Å²) in [5, 5.41) is 8.55. The number of benzene rings is 1. The quantitative estimate of drug-likeness (QED) is 0.553. The highest BCUT2D eigenvalue weighted by Gasteiger charge is 2.00. The molecular weight excluding hydrogens is 180 g/mol. The highest BCUT2D eigenvalue weighted by molar-refractivity contribution is 5.79. The van der Waals surface area contributed by atoms with E-state index in [1.54, 1.807) is 18.2 Å². The summed E-state index contributed by atoms with van der Waals surface area (Å²) in [7, 11) is 0. The molecule has 0 aliphatic rings. The van der Waals surface area contributed by atoms with E-state index in [2.05, 4.69) is 0 Å². The second kappa shape index (κ2) is 6.16. The smallest absolute Gasteiger partial charge is 0.153 e. The molecule has 0 atom stereocenters. The van der Waals surface area contributed by atoms with Gasteiger partial charge in [0.1, 0.15) is 5.75 Å². The molecule has 1 aromatic rings. The Morgan fingerprint density at radius 2 is 2.07 bits per heavy atom. The van der Waals surface area contributed by atoms with Crippen molar-refractivity contribution in [2.24, 2.45) is 0 Å². The van der Waals surface area contributed by atoms with Crippen LogP contribution in [-0.4, -0.2) is 24.6 Å². The first-order chi connectivity index (χ1) is 6.88. The predicted octanol–water partition coefficient (Wildman–Crippen LogP) is 1.65. The Kier molecular flexibility index (Phi) is 4.72. The molecule has 0 heterocycles. The van der Waals surface area contributed by atoms with Gasteiger partial charge in [-0.15, -0.1) is 0 Å². The Morgan fingerprint density at radius 3 is 2.79 bits per heavy atom. The van der Waals surface area contributed by atoms with E-state index in [0.717, 1.165) is 19.1 Å². The van der Waals surface area contributed by atoms with Gasteiger partial charge in [0.05, 0.1) is 12.2 Å². The molecular formula is C11H14O3.